The van der Waals surface area contributed by atoms with Gasteiger partial charge in [-0.1, -0.05) is 36.7 Å². The Morgan fingerprint density at radius 1 is 1.21 bits per heavy atom. The average molecular weight is 294 g/mol. The molecule has 102 valence electrons. The van der Waals surface area contributed by atoms with Gasteiger partial charge in [-0.15, -0.1) is 11.3 Å². The van der Waals surface area contributed by atoms with Crippen molar-refractivity contribution in [1.29, 1.82) is 0 Å². The van der Waals surface area contributed by atoms with Gasteiger partial charge in [0.25, 0.3) is 0 Å². The molecule has 0 aliphatic carbocycles. The number of nitrogens with one attached hydrogen (secondary N) is 1. The standard InChI is InChI=1S/C16H20ClNS/c1-4-10-18-16(14-9-8-12(3)19-14)13-7-5-6-11(2)15(13)17/h5-9,16,18H,4,10H2,1-3H3. The van der Waals surface area contributed by atoms with Gasteiger partial charge in [0.15, 0.2) is 0 Å². The minimum absolute atomic E-state index is 0.200. The van der Waals surface area contributed by atoms with E-state index < -0.39 is 0 Å². The minimum atomic E-state index is 0.200. The summed E-state index contributed by atoms with van der Waals surface area (Å²) < 4.78 is 0. The van der Waals surface area contributed by atoms with Crippen LogP contribution in [-0.2, 0) is 0 Å². The molecule has 0 fully saturated rings. The highest BCUT2D eigenvalue weighted by molar-refractivity contribution is 7.12. The van der Waals surface area contributed by atoms with Gasteiger partial charge in [-0.2, -0.15) is 0 Å². The number of rotatable bonds is 5. The lowest BCUT2D eigenvalue weighted by Crippen LogP contribution is -2.22. The monoisotopic (exact) mass is 293 g/mol. The second-order valence-electron chi connectivity index (χ2n) is 4.81. The molecule has 19 heavy (non-hydrogen) atoms. The highest BCUT2D eigenvalue weighted by Crippen LogP contribution is 2.33. The molecular weight excluding hydrogens is 274 g/mol. The molecule has 0 aliphatic rings. The maximum absolute atomic E-state index is 6.49. The average Bonchev–Trinajstić information content (AvgIpc) is 2.81. The van der Waals surface area contributed by atoms with E-state index >= 15 is 0 Å². The van der Waals surface area contributed by atoms with Gasteiger partial charge in [-0.3, -0.25) is 0 Å². The maximum Gasteiger partial charge on any atom is 0.0685 e. The summed E-state index contributed by atoms with van der Waals surface area (Å²) in [6.07, 6.45) is 1.12. The third-order valence-corrected chi connectivity index (χ3v) is 4.76. The van der Waals surface area contributed by atoms with Crippen LogP contribution in [0.4, 0.5) is 0 Å². The Labute approximate surface area is 124 Å². The molecule has 1 unspecified atom stereocenters. The van der Waals surface area contributed by atoms with Crippen molar-refractivity contribution in [2.75, 3.05) is 6.54 Å². The summed E-state index contributed by atoms with van der Waals surface area (Å²) in [5.74, 6) is 0. The molecule has 0 amide bonds. The van der Waals surface area contributed by atoms with E-state index in [0.717, 1.165) is 23.6 Å². The molecule has 0 bridgehead atoms. The van der Waals surface area contributed by atoms with E-state index in [1.165, 1.54) is 15.3 Å². The second-order valence-corrected chi connectivity index (χ2v) is 6.51. The fourth-order valence-electron chi connectivity index (χ4n) is 2.15. The summed E-state index contributed by atoms with van der Waals surface area (Å²) in [6, 6.07) is 10.8. The first-order valence-electron chi connectivity index (χ1n) is 6.68. The van der Waals surface area contributed by atoms with Crippen molar-refractivity contribution in [2.24, 2.45) is 0 Å². The van der Waals surface area contributed by atoms with Crippen LogP contribution in [-0.4, -0.2) is 6.54 Å². The van der Waals surface area contributed by atoms with Crippen LogP contribution in [0.3, 0.4) is 0 Å². The van der Waals surface area contributed by atoms with E-state index in [1.54, 1.807) is 0 Å². The maximum atomic E-state index is 6.49. The van der Waals surface area contributed by atoms with Crippen LogP contribution in [0.5, 0.6) is 0 Å². The fourth-order valence-corrected chi connectivity index (χ4v) is 3.36. The van der Waals surface area contributed by atoms with Crippen LogP contribution in [0.15, 0.2) is 30.3 Å². The van der Waals surface area contributed by atoms with Gasteiger partial charge in [0.1, 0.15) is 0 Å². The predicted molar refractivity (Wildman–Crippen MR) is 85.4 cm³/mol. The first kappa shape index (κ1) is 14.6. The zero-order chi connectivity index (χ0) is 13.8. The fraction of sp³-hybridized carbons (Fsp3) is 0.375. The lowest BCUT2D eigenvalue weighted by Gasteiger charge is -2.20. The highest BCUT2D eigenvalue weighted by atomic mass is 35.5. The van der Waals surface area contributed by atoms with Crippen LogP contribution < -0.4 is 5.32 Å². The molecular formula is C16H20ClNS. The normalized spacial score (nSPS) is 12.6. The molecule has 1 N–H and O–H groups in total. The van der Waals surface area contributed by atoms with Crippen molar-refractivity contribution in [1.82, 2.24) is 5.32 Å². The van der Waals surface area contributed by atoms with E-state index in [1.807, 2.05) is 11.3 Å². The Morgan fingerprint density at radius 2 is 2.00 bits per heavy atom. The zero-order valence-electron chi connectivity index (χ0n) is 11.7. The van der Waals surface area contributed by atoms with Gasteiger partial charge in [-0.05, 0) is 50.1 Å². The number of hydrogen-bond acceptors (Lipinski definition) is 2. The lowest BCUT2D eigenvalue weighted by atomic mass is 10.0. The molecule has 0 radical (unpaired) electrons. The number of benzene rings is 1. The zero-order valence-corrected chi connectivity index (χ0v) is 13.2. The summed E-state index contributed by atoms with van der Waals surface area (Å²) in [7, 11) is 0. The van der Waals surface area contributed by atoms with Crippen LogP contribution in [0, 0.1) is 13.8 Å². The molecule has 1 heterocycles. The molecule has 0 saturated carbocycles. The van der Waals surface area contributed by atoms with Crippen LogP contribution in [0.25, 0.3) is 0 Å². The SMILES string of the molecule is CCCNC(c1ccc(C)s1)c1cccc(C)c1Cl. The molecule has 1 nitrogen and oxygen atoms in total. The van der Waals surface area contributed by atoms with Crippen molar-refractivity contribution in [3.05, 3.63) is 56.2 Å². The molecule has 2 aromatic rings. The number of thiophene rings is 1. The first-order valence-corrected chi connectivity index (χ1v) is 7.87. The Kier molecular flexibility index (Phi) is 5.03. The van der Waals surface area contributed by atoms with Gasteiger partial charge < -0.3 is 5.32 Å². The lowest BCUT2D eigenvalue weighted by molar-refractivity contribution is 0.606. The summed E-state index contributed by atoms with van der Waals surface area (Å²) in [6.45, 7) is 7.37. The molecule has 2 rings (SSSR count). The predicted octanol–water partition coefficient (Wildman–Crippen LogP) is 5.11. The second kappa shape index (κ2) is 6.56. The van der Waals surface area contributed by atoms with Crippen molar-refractivity contribution in [2.45, 2.75) is 33.2 Å². The molecule has 3 heteroatoms. The number of aryl methyl sites for hydroxylation is 2. The van der Waals surface area contributed by atoms with E-state index in [2.05, 4.69) is 56.4 Å². The molecule has 0 saturated heterocycles. The number of halogens is 1. The molecule has 1 atom stereocenters. The Balaban J connectivity index is 2.39. The van der Waals surface area contributed by atoms with Gasteiger partial charge >= 0.3 is 0 Å². The summed E-state index contributed by atoms with van der Waals surface area (Å²) in [5.41, 5.74) is 2.31. The molecule has 0 spiro atoms. The number of hydrogen-bond donors (Lipinski definition) is 1. The first-order chi connectivity index (χ1) is 9.13. The van der Waals surface area contributed by atoms with E-state index in [0.29, 0.717) is 0 Å². The molecule has 1 aromatic heterocycles. The highest BCUT2D eigenvalue weighted by Gasteiger charge is 2.18. The van der Waals surface area contributed by atoms with Crippen LogP contribution in [0.1, 0.15) is 40.3 Å². The third-order valence-electron chi connectivity index (χ3n) is 3.18. The van der Waals surface area contributed by atoms with Gasteiger partial charge in [0.2, 0.25) is 0 Å². The van der Waals surface area contributed by atoms with Gasteiger partial charge in [0, 0.05) is 14.8 Å². The Hall–Kier alpha value is -0.830. The third kappa shape index (κ3) is 3.38. The summed E-state index contributed by atoms with van der Waals surface area (Å²) in [5, 5.41) is 4.49. The summed E-state index contributed by atoms with van der Waals surface area (Å²) >= 11 is 8.32. The van der Waals surface area contributed by atoms with Crippen molar-refractivity contribution in [3.63, 3.8) is 0 Å². The van der Waals surface area contributed by atoms with E-state index in [4.69, 9.17) is 11.6 Å². The van der Waals surface area contributed by atoms with Gasteiger partial charge in [0.05, 0.1) is 6.04 Å². The molecule has 0 aliphatic heterocycles. The quantitative estimate of drug-likeness (QED) is 0.808. The van der Waals surface area contributed by atoms with Crippen LogP contribution >= 0.6 is 22.9 Å². The molecule has 1 aromatic carbocycles. The van der Waals surface area contributed by atoms with Crippen molar-refractivity contribution >= 4 is 22.9 Å². The van der Waals surface area contributed by atoms with E-state index in [-0.39, 0.29) is 6.04 Å². The largest absolute Gasteiger partial charge is 0.306 e. The van der Waals surface area contributed by atoms with Crippen molar-refractivity contribution in [3.8, 4) is 0 Å². The Morgan fingerprint density at radius 3 is 2.63 bits per heavy atom. The van der Waals surface area contributed by atoms with Crippen molar-refractivity contribution < 1.29 is 0 Å². The topological polar surface area (TPSA) is 12.0 Å². The van der Waals surface area contributed by atoms with E-state index in [9.17, 15) is 0 Å². The van der Waals surface area contributed by atoms with Crippen LogP contribution in [0.2, 0.25) is 5.02 Å². The van der Waals surface area contributed by atoms with Gasteiger partial charge in [-0.25, -0.2) is 0 Å². The smallest absolute Gasteiger partial charge is 0.0685 e. The Bertz CT molecular complexity index is 547. The summed E-state index contributed by atoms with van der Waals surface area (Å²) in [4.78, 5) is 2.67. The minimum Gasteiger partial charge on any atom is -0.306 e.